The first-order valence-electron chi connectivity index (χ1n) is 10.2. The number of aryl methyl sites for hydroxylation is 2. The van der Waals surface area contributed by atoms with Crippen LogP contribution < -0.4 is 9.80 Å². The Labute approximate surface area is 175 Å². The SMILES string of the molecule is Cc1cc(C)c2sc(N(CC[NH+]3CCOCC3)C(=O)Cc3ccccc3)nc2c1. The summed E-state index contributed by atoms with van der Waals surface area (Å²) in [5.41, 5.74) is 4.44. The van der Waals surface area contributed by atoms with Crippen LogP contribution in [0.4, 0.5) is 5.13 Å². The highest BCUT2D eigenvalue weighted by Gasteiger charge is 2.23. The minimum Gasteiger partial charge on any atom is -0.370 e. The predicted molar refractivity (Wildman–Crippen MR) is 118 cm³/mol. The van der Waals surface area contributed by atoms with Crippen LogP contribution in [0, 0.1) is 13.8 Å². The first kappa shape index (κ1) is 20.0. The van der Waals surface area contributed by atoms with Crippen molar-refractivity contribution < 1.29 is 14.4 Å². The number of fused-ring (bicyclic) bond motifs is 1. The van der Waals surface area contributed by atoms with Crippen LogP contribution in [-0.2, 0) is 16.0 Å². The van der Waals surface area contributed by atoms with E-state index in [1.165, 1.54) is 20.7 Å². The van der Waals surface area contributed by atoms with Crippen molar-refractivity contribution in [3.63, 3.8) is 0 Å². The zero-order valence-electron chi connectivity index (χ0n) is 17.1. The van der Waals surface area contributed by atoms with Crippen molar-refractivity contribution in [3.8, 4) is 0 Å². The molecule has 152 valence electrons. The Hall–Kier alpha value is -2.28. The van der Waals surface area contributed by atoms with Crippen molar-refractivity contribution in [1.82, 2.24) is 4.98 Å². The molecule has 2 aromatic carbocycles. The van der Waals surface area contributed by atoms with Crippen molar-refractivity contribution >= 4 is 32.6 Å². The summed E-state index contributed by atoms with van der Waals surface area (Å²) in [7, 11) is 0. The molecule has 0 radical (unpaired) electrons. The van der Waals surface area contributed by atoms with Gasteiger partial charge in [0.25, 0.3) is 0 Å². The van der Waals surface area contributed by atoms with Crippen LogP contribution in [0.1, 0.15) is 16.7 Å². The van der Waals surface area contributed by atoms with Crippen LogP contribution in [0.15, 0.2) is 42.5 Å². The second-order valence-corrected chi connectivity index (χ2v) is 8.72. The second-order valence-electron chi connectivity index (χ2n) is 7.75. The summed E-state index contributed by atoms with van der Waals surface area (Å²) >= 11 is 1.63. The summed E-state index contributed by atoms with van der Waals surface area (Å²) in [5.74, 6) is 0.109. The molecule has 0 aliphatic carbocycles. The molecule has 0 bridgehead atoms. The number of morpholine rings is 1. The first-order valence-corrected chi connectivity index (χ1v) is 11.1. The third kappa shape index (κ3) is 4.83. The normalized spacial score (nSPS) is 15.0. The number of hydrogen-bond acceptors (Lipinski definition) is 4. The molecule has 1 aliphatic rings. The Morgan fingerprint density at radius 1 is 1.17 bits per heavy atom. The predicted octanol–water partition coefficient (Wildman–Crippen LogP) is 2.40. The van der Waals surface area contributed by atoms with Gasteiger partial charge in [-0.05, 0) is 36.6 Å². The van der Waals surface area contributed by atoms with Gasteiger partial charge in [0.2, 0.25) is 5.91 Å². The van der Waals surface area contributed by atoms with Crippen LogP contribution in [-0.4, -0.2) is 50.3 Å². The Morgan fingerprint density at radius 3 is 2.69 bits per heavy atom. The Bertz CT molecular complexity index is 980. The van der Waals surface area contributed by atoms with Gasteiger partial charge in [-0.1, -0.05) is 47.7 Å². The molecule has 1 aromatic heterocycles. The number of aromatic nitrogens is 1. The Kier molecular flexibility index (Phi) is 6.23. The number of quaternary nitrogens is 1. The number of carbonyl (C=O) groups is 1. The van der Waals surface area contributed by atoms with Gasteiger partial charge in [-0.25, -0.2) is 4.98 Å². The number of carbonyl (C=O) groups excluding carboxylic acids is 1. The van der Waals surface area contributed by atoms with Crippen molar-refractivity contribution in [3.05, 3.63) is 59.2 Å². The maximum absolute atomic E-state index is 13.3. The number of anilines is 1. The second kappa shape index (κ2) is 9.03. The van der Waals surface area contributed by atoms with Gasteiger partial charge in [0, 0.05) is 0 Å². The van der Waals surface area contributed by atoms with E-state index in [1.807, 2.05) is 35.2 Å². The summed E-state index contributed by atoms with van der Waals surface area (Å²) in [6, 6.07) is 14.2. The highest BCUT2D eigenvalue weighted by molar-refractivity contribution is 7.22. The monoisotopic (exact) mass is 410 g/mol. The molecule has 1 N–H and O–H groups in total. The summed E-state index contributed by atoms with van der Waals surface area (Å²) in [5, 5.41) is 0.808. The van der Waals surface area contributed by atoms with E-state index in [9.17, 15) is 4.79 Å². The fraction of sp³-hybridized carbons (Fsp3) is 0.391. The number of ether oxygens (including phenoxy) is 1. The Balaban J connectivity index is 1.59. The number of amides is 1. The van der Waals surface area contributed by atoms with Crippen LogP contribution >= 0.6 is 11.3 Å². The van der Waals surface area contributed by atoms with E-state index in [0.717, 1.165) is 49.1 Å². The van der Waals surface area contributed by atoms with Crippen LogP contribution in [0.5, 0.6) is 0 Å². The van der Waals surface area contributed by atoms with Crippen molar-refractivity contribution in [1.29, 1.82) is 0 Å². The van der Waals surface area contributed by atoms with Gasteiger partial charge < -0.3 is 9.64 Å². The van der Waals surface area contributed by atoms with E-state index in [1.54, 1.807) is 11.3 Å². The maximum atomic E-state index is 13.3. The molecule has 4 rings (SSSR count). The molecule has 0 atom stereocenters. The van der Waals surface area contributed by atoms with E-state index in [4.69, 9.17) is 9.72 Å². The lowest BCUT2D eigenvalue weighted by Gasteiger charge is -2.27. The molecule has 0 saturated carbocycles. The number of nitrogens with zero attached hydrogens (tertiary/aromatic N) is 2. The number of nitrogens with one attached hydrogen (secondary N) is 1. The summed E-state index contributed by atoms with van der Waals surface area (Å²) in [6.07, 6.45) is 0.396. The zero-order valence-corrected chi connectivity index (χ0v) is 17.9. The minimum absolute atomic E-state index is 0.109. The fourth-order valence-electron chi connectivity index (χ4n) is 3.85. The van der Waals surface area contributed by atoms with Crippen LogP contribution in [0.2, 0.25) is 0 Å². The molecule has 2 heterocycles. The highest BCUT2D eigenvalue weighted by atomic mass is 32.1. The minimum atomic E-state index is 0.109. The molecular weight excluding hydrogens is 382 g/mol. The number of hydrogen-bond donors (Lipinski definition) is 1. The Morgan fingerprint density at radius 2 is 1.93 bits per heavy atom. The van der Waals surface area contributed by atoms with E-state index in [2.05, 4.69) is 26.0 Å². The van der Waals surface area contributed by atoms with Gasteiger partial charge in [-0.3, -0.25) is 9.69 Å². The van der Waals surface area contributed by atoms with Gasteiger partial charge in [0.1, 0.15) is 13.1 Å². The fourth-order valence-corrected chi connectivity index (χ4v) is 4.91. The lowest BCUT2D eigenvalue weighted by molar-refractivity contribution is -0.906. The lowest BCUT2D eigenvalue weighted by atomic mass is 10.1. The molecule has 1 aliphatic heterocycles. The van der Waals surface area contributed by atoms with Crippen LogP contribution in [0.25, 0.3) is 10.2 Å². The van der Waals surface area contributed by atoms with Crippen LogP contribution in [0.3, 0.4) is 0 Å². The van der Waals surface area contributed by atoms with E-state index in [-0.39, 0.29) is 5.91 Å². The molecule has 3 aromatic rings. The third-order valence-electron chi connectivity index (χ3n) is 5.43. The summed E-state index contributed by atoms with van der Waals surface area (Å²) in [4.78, 5) is 21.5. The number of thiazole rings is 1. The van der Waals surface area contributed by atoms with Gasteiger partial charge in [-0.15, -0.1) is 0 Å². The topological polar surface area (TPSA) is 46.9 Å². The highest BCUT2D eigenvalue weighted by Crippen LogP contribution is 2.32. The number of rotatable bonds is 6. The average molecular weight is 411 g/mol. The van der Waals surface area contributed by atoms with Gasteiger partial charge >= 0.3 is 0 Å². The van der Waals surface area contributed by atoms with E-state index < -0.39 is 0 Å². The van der Waals surface area contributed by atoms with Gasteiger partial charge in [-0.2, -0.15) is 0 Å². The third-order valence-corrected chi connectivity index (χ3v) is 6.66. The molecule has 5 nitrogen and oxygen atoms in total. The smallest absolute Gasteiger partial charge is 0.233 e. The number of benzene rings is 2. The van der Waals surface area contributed by atoms with Crippen molar-refractivity contribution in [2.75, 3.05) is 44.3 Å². The molecule has 0 spiro atoms. The van der Waals surface area contributed by atoms with Crippen molar-refractivity contribution in [2.45, 2.75) is 20.3 Å². The molecule has 0 unspecified atom stereocenters. The van der Waals surface area contributed by atoms with E-state index in [0.29, 0.717) is 13.0 Å². The summed E-state index contributed by atoms with van der Waals surface area (Å²) in [6.45, 7) is 9.39. The van der Waals surface area contributed by atoms with Crippen molar-refractivity contribution in [2.24, 2.45) is 0 Å². The molecule has 29 heavy (non-hydrogen) atoms. The molecule has 1 saturated heterocycles. The average Bonchev–Trinajstić information content (AvgIpc) is 3.13. The summed E-state index contributed by atoms with van der Waals surface area (Å²) < 4.78 is 6.64. The molecule has 1 fully saturated rings. The standard InChI is InChI=1S/C23H27N3O2S/c1-17-14-18(2)22-20(15-17)24-23(29-22)26(9-8-25-10-12-28-13-11-25)21(27)16-19-6-4-3-5-7-19/h3-7,14-15H,8-13,16H2,1-2H3/p+1. The van der Waals surface area contributed by atoms with E-state index >= 15 is 0 Å². The maximum Gasteiger partial charge on any atom is 0.233 e. The largest absolute Gasteiger partial charge is 0.370 e. The molecular formula is C23H28N3O2S+. The zero-order chi connectivity index (χ0) is 20.2. The molecule has 6 heteroatoms. The van der Waals surface area contributed by atoms with Gasteiger partial charge in [0.05, 0.1) is 42.9 Å². The molecule has 1 amide bonds. The first-order chi connectivity index (χ1) is 14.1. The van der Waals surface area contributed by atoms with Gasteiger partial charge in [0.15, 0.2) is 5.13 Å². The lowest BCUT2D eigenvalue weighted by Crippen LogP contribution is -3.14. The quantitative estimate of drug-likeness (QED) is 0.679.